The molecule has 0 atom stereocenters. The summed E-state index contributed by atoms with van der Waals surface area (Å²) >= 11 is 3.54. The molecule has 2 aromatic rings. The minimum atomic E-state index is 0.0202. The van der Waals surface area contributed by atoms with Crippen LogP contribution in [0.4, 0.5) is 5.69 Å². The molecule has 1 aromatic carbocycles. The molecule has 1 saturated carbocycles. The highest BCUT2D eigenvalue weighted by molar-refractivity contribution is 7.99. The Morgan fingerprint density at radius 2 is 2.15 bits per heavy atom. The van der Waals surface area contributed by atoms with E-state index in [2.05, 4.69) is 31.9 Å². The highest BCUT2D eigenvalue weighted by atomic mass is 32.2. The van der Waals surface area contributed by atoms with Gasteiger partial charge in [-0.25, -0.2) is 4.98 Å². The number of nitrogens with one attached hydrogen (secondary N) is 1. The van der Waals surface area contributed by atoms with E-state index in [-0.39, 0.29) is 5.91 Å². The summed E-state index contributed by atoms with van der Waals surface area (Å²) in [6.07, 6.45) is 6.28. The first-order valence-corrected chi connectivity index (χ1v) is 11.3. The molecule has 0 unspecified atom stereocenters. The lowest BCUT2D eigenvalue weighted by atomic mass is 10.2. The third-order valence-electron chi connectivity index (χ3n) is 4.63. The van der Waals surface area contributed by atoms with Crippen LogP contribution < -0.4 is 5.32 Å². The van der Waals surface area contributed by atoms with Crippen LogP contribution in [0.25, 0.3) is 0 Å². The third kappa shape index (κ3) is 4.84. The smallest absolute Gasteiger partial charge is 0.234 e. The summed E-state index contributed by atoms with van der Waals surface area (Å²) in [5, 5.41) is 3.97. The van der Waals surface area contributed by atoms with Crippen LogP contribution in [0.3, 0.4) is 0 Å². The number of hydrogen-bond acceptors (Lipinski definition) is 5. The number of imidazole rings is 1. The Balaban J connectivity index is 1.29. The highest BCUT2D eigenvalue weighted by Crippen LogP contribution is 2.37. The summed E-state index contributed by atoms with van der Waals surface area (Å²) < 4.78 is 2.19. The second-order valence-electron chi connectivity index (χ2n) is 6.77. The van der Waals surface area contributed by atoms with Gasteiger partial charge in [0.15, 0.2) is 5.16 Å². The number of carbonyl (C=O) groups is 1. The maximum atomic E-state index is 12.3. The maximum Gasteiger partial charge on any atom is 0.234 e. The number of benzene rings is 1. The minimum absolute atomic E-state index is 0.0202. The number of anilines is 1. The molecule has 7 heteroatoms. The third-order valence-corrected chi connectivity index (χ3v) is 6.55. The standard InChI is InChI=1S/C19H24N4OS2/c24-18(14-26-19-20-6-7-23(19)17-4-5-17)21-16-3-1-2-15(12-16)13-22-8-10-25-11-9-22/h1-3,6-7,12,17H,4-5,8-11,13-14H2,(H,21,24). The molecule has 2 heterocycles. The summed E-state index contributed by atoms with van der Waals surface area (Å²) in [5.74, 6) is 2.83. The van der Waals surface area contributed by atoms with Gasteiger partial charge in [-0.1, -0.05) is 23.9 Å². The van der Waals surface area contributed by atoms with Gasteiger partial charge < -0.3 is 9.88 Å². The lowest BCUT2D eigenvalue weighted by Crippen LogP contribution is -2.31. The molecule has 5 nitrogen and oxygen atoms in total. The largest absolute Gasteiger partial charge is 0.325 e. The van der Waals surface area contributed by atoms with Crippen LogP contribution in [0.5, 0.6) is 0 Å². The van der Waals surface area contributed by atoms with Crippen LogP contribution in [-0.4, -0.2) is 50.7 Å². The van der Waals surface area contributed by atoms with E-state index in [1.54, 1.807) is 0 Å². The van der Waals surface area contributed by atoms with E-state index < -0.39 is 0 Å². The maximum absolute atomic E-state index is 12.3. The van der Waals surface area contributed by atoms with Gasteiger partial charge >= 0.3 is 0 Å². The van der Waals surface area contributed by atoms with Crippen molar-refractivity contribution in [1.82, 2.24) is 14.5 Å². The van der Waals surface area contributed by atoms with Gasteiger partial charge in [0.25, 0.3) is 0 Å². The zero-order chi connectivity index (χ0) is 17.8. The van der Waals surface area contributed by atoms with Crippen LogP contribution in [0.1, 0.15) is 24.4 Å². The molecule has 2 aliphatic rings. The van der Waals surface area contributed by atoms with E-state index in [0.717, 1.165) is 30.5 Å². The number of thioether (sulfide) groups is 2. The average molecular weight is 389 g/mol. The Labute approximate surface area is 162 Å². The first-order chi connectivity index (χ1) is 12.8. The molecule has 1 saturated heterocycles. The van der Waals surface area contributed by atoms with E-state index in [9.17, 15) is 4.79 Å². The quantitative estimate of drug-likeness (QED) is 0.736. The van der Waals surface area contributed by atoms with Crippen molar-refractivity contribution in [3.8, 4) is 0 Å². The van der Waals surface area contributed by atoms with Crippen molar-refractivity contribution in [1.29, 1.82) is 0 Å². The van der Waals surface area contributed by atoms with Crippen LogP contribution in [-0.2, 0) is 11.3 Å². The first-order valence-electron chi connectivity index (χ1n) is 9.12. The van der Waals surface area contributed by atoms with Gasteiger partial charge in [-0.05, 0) is 30.5 Å². The summed E-state index contributed by atoms with van der Waals surface area (Å²) in [4.78, 5) is 19.2. The Morgan fingerprint density at radius 1 is 1.31 bits per heavy atom. The fourth-order valence-corrected chi connectivity index (χ4v) is 4.94. The zero-order valence-electron chi connectivity index (χ0n) is 14.8. The van der Waals surface area contributed by atoms with E-state index in [4.69, 9.17) is 0 Å². The Hall–Kier alpha value is -1.44. The van der Waals surface area contributed by atoms with Gasteiger partial charge in [-0.2, -0.15) is 11.8 Å². The molecule has 138 valence electrons. The number of rotatable bonds is 7. The summed E-state index contributed by atoms with van der Waals surface area (Å²) in [7, 11) is 0. The number of aromatic nitrogens is 2. The number of carbonyl (C=O) groups excluding carboxylic acids is 1. The van der Waals surface area contributed by atoms with Gasteiger partial charge in [0, 0.05) is 55.3 Å². The van der Waals surface area contributed by atoms with Crippen molar-refractivity contribution in [2.75, 3.05) is 35.7 Å². The van der Waals surface area contributed by atoms with Crippen molar-refractivity contribution in [3.05, 3.63) is 42.2 Å². The van der Waals surface area contributed by atoms with E-state index in [1.165, 1.54) is 41.7 Å². The lowest BCUT2D eigenvalue weighted by Gasteiger charge is -2.26. The van der Waals surface area contributed by atoms with Gasteiger partial charge in [-0.3, -0.25) is 9.69 Å². The molecule has 26 heavy (non-hydrogen) atoms. The number of amides is 1. The predicted molar refractivity (Wildman–Crippen MR) is 109 cm³/mol. The fraction of sp³-hybridized carbons (Fsp3) is 0.474. The molecular formula is C19H24N4OS2. The molecule has 0 radical (unpaired) electrons. The highest BCUT2D eigenvalue weighted by Gasteiger charge is 2.25. The van der Waals surface area contributed by atoms with Crippen molar-refractivity contribution >= 4 is 35.1 Å². The monoisotopic (exact) mass is 388 g/mol. The second kappa shape index (κ2) is 8.50. The van der Waals surface area contributed by atoms with Crippen molar-refractivity contribution in [3.63, 3.8) is 0 Å². The topological polar surface area (TPSA) is 50.2 Å². The average Bonchev–Trinajstić information content (AvgIpc) is 3.39. The van der Waals surface area contributed by atoms with Crippen molar-refractivity contribution in [2.24, 2.45) is 0 Å². The molecular weight excluding hydrogens is 364 g/mol. The number of hydrogen-bond donors (Lipinski definition) is 1. The Morgan fingerprint density at radius 3 is 2.96 bits per heavy atom. The fourth-order valence-electron chi connectivity index (χ4n) is 3.13. The molecule has 0 spiro atoms. The molecule has 1 aliphatic heterocycles. The van der Waals surface area contributed by atoms with Crippen LogP contribution in [0.15, 0.2) is 41.8 Å². The summed E-state index contributed by atoms with van der Waals surface area (Å²) in [6.45, 7) is 3.24. The first kappa shape index (κ1) is 17.9. The van der Waals surface area contributed by atoms with Crippen molar-refractivity contribution < 1.29 is 4.79 Å². The molecule has 1 aromatic heterocycles. The van der Waals surface area contributed by atoms with Crippen LogP contribution >= 0.6 is 23.5 Å². The van der Waals surface area contributed by atoms with E-state index in [0.29, 0.717) is 11.8 Å². The minimum Gasteiger partial charge on any atom is -0.325 e. The molecule has 2 fully saturated rings. The Bertz CT molecular complexity index is 754. The normalized spacial score (nSPS) is 18.0. The van der Waals surface area contributed by atoms with Gasteiger partial charge in [0.05, 0.1) is 5.75 Å². The zero-order valence-corrected chi connectivity index (χ0v) is 16.4. The van der Waals surface area contributed by atoms with Gasteiger partial charge in [0.2, 0.25) is 5.91 Å². The second-order valence-corrected chi connectivity index (χ2v) is 8.94. The van der Waals surface area contributed by atoms with E-state index in [1.807, 2.05) is 36.3 Å². The lowest BCUT2D eigenvalue weighted by molar-refractivity contribution is -0.113. The van der Waals surface area contributed by atoms with Gasteiger partial charge in [-0.15, -0.1) is 0 Å². The van der Waals surface area contributed by atoms with Crippen molar-refractivity contribution in [2.45, 2.75) is 30.6 Å². The van der Waals surface area contributed by atoms with Gasteiger partial charge in [0.1, 0.15) is 0 Å². The molecule has 1 amide bonds. The number of nitrogens with zero attached hydrogens (tertiary/aromatic N) is 3. The predicted octanol–water partition coefficient (Wildman–Crippen LogP) is 3.50. The van der Waals surface area contributed by atoms with Crippen LogP contribution in [0.2, 0.25) is 0 Å². The molecule has 1 N–H and O–H groups in total. The SMILES string of the molecule is O=C(CSc1nccn1C1CC1)Nc1cccc(CN2CCSCC2)c1. The molecule has 0 bridgehead atoms. The summed E-state index contributed by atoms with van der Waals surface area (Å²) in [6, 6.07) is 8.81. The van der Waals surface area contributed by atoms with E-state index >= 15 is 0 Å². The van der Waals surface area contributed by atoms with Crippen LogP contribution in [0, 0.1) is 0 Å². The Kier molecular flexibility index (Phi) is 5.87. The summed E-state index contributed by atoms with van der Waals surface area (Å²) in [5.41, 5.74) is 2.14. The molecule has 4 rings (SSSR count). The molecule has 1 aliphatic carbocycles.